The van der Waals surface area contributed by atoms with Crippen molar-refractivity contribution in [3.63, 3.8) is 0 Å². The van der Waals surface area contributed by atoms with Crippen molar-refractivity contribution >= 4 is 52.5 Å². The van der Waals surface area contributed by atoms with Crippen molar-refractivity contribution in [2.24, 2.45) is 0 Å². The van der Waals surface area contributed by atoms with Gasteiger partial charge >= 0.3 is 0 Å². The predicted octanol–water partition coefficient (Wildman–Crippen LogP) is 5.73. The lowest BCUT2D eigenvalue weighted by Crippen LogP contribution is -2.18. The number of phenolic OH excluding ortho intramolecular Hbond substituents is 2. The van der Waals surface area contributed by atoms with Crippen LogP contribution in [0, 0.1) is 0 Å². The molecule has 0 aliphatic rings. The molecule has 0 aliphatic heterocycles. The molecule has 4 N–H and O–H groups in total. The first-order valence-corrected chi connectivity index (χ1v) is 8.91. The first-order chi connectivity index (χ1) is 13.0. The lowest BCUT2D eigenvalue weighted by atomic mass is 10.1. The van der Waals surface area contributed by atoms with E-state index >= 15 is 0 Å². The summed E-state index contributed by atoms with van der Waals surface area (Å²) in [5.74, 6) is 0.0480. The van der Waals surface area contributed by atoms with Crippen LogP contribution in [0.4, 0.5) is 11.4 Å². The van der Waals surface area contributed by atoms with Gasteiger partial charge in [-0.2, -0.15) is 0 Å². The van der Waals surface area contributed by atoms with Crippen LogP contribution in [-0.4, -0.2) is 15.3 Å². The van der Waals surface area contributed by atoms with Gasteiger partial charge < -0.3 is 20.8 Å². The highest BCUT2D eigenvalue weighted by Gasteiger charge is 2.00. The smallest absolute Gasteiger partial charge is 0.175 e. The van der Waals surface area contributed by atoms with Gasteiger partial charge in [0.05, 0.1) is 0 Å². The van der Waals surface area contributed by atoms with E-state index in [0.717, 1.165) is 16.9 Å². The Hall–Kier alpha value is -3.02. The van der Waals surface area contributed by atoms with E-state index in [-0.39, 0.29) is 11.5 Å². The number of aromatic hydroxyl groups is 2. The lowest BCUT2D eigenvalue weighted by Gasteiger charge is -2.10. The largest absolute Gasteiger partial charge is 0.508 e. The fourth-order valence-electron chi connectivity index (χ4n) is 2.41. The molecule has 0 unspecified atom stereocenters. The van der Waals surface area contributed by atoms with Crippen LogP contribution < -0.4 is 10.6 Å². The van der Waals surface area contributed by atoms with Crippen molar-refractivity contribution in [2.75, 3.05) is 10.6 Å². The normalized spacial score (nSPS) is 10.7. The molecule has 0 fully saturated rings. The molecule has 0 heterocycles. The van der Waals surface area contributed by atoms with E-state index in [2.05, 4.69) is 10.6 Å². The molecule has 4 nitrogen and oxygen atoms in total. The highest BCUT2D eigenvalue weighted by atomic mass is 35.5. The molecule has 0 aromatic heterocycles. The molecule has 0 bridgehead atoms. The van der Waals surface area contributed by atoms with E-state index in [1.807, 2.05) is 48.6 Å². The average Bonchev–Trinajstić information content (AvgIpc) is 2.62. The maximum atomic E-state index is 9.50. The zero-order valence-corrected chi connectivity index (χ0v) is 15.8. The highest BCUT2D eigenvalue weighted by Crippen LogP contribution is 2.22. The molecule has 0 amide bonds. The van der Waals surface area contributed by atoms with Crippen molar-refractivity contribution in [1.82, 2.24) is 0 Å². The Morgan fingerprint density at radius 3 is 1.78 bits per heavy atom. The topological polar surface area (TPSA) is 64.5 Å². The van der Waals surface area contributed by atoms with Gasteiger partial charge in [0, 0.05) is 22.5 Å². The summed E-state index contributed by atoms with van der Waals surface area (Å²) in [7, 11) is 0. The molecule has 0 aliphatic carbocycles. The van der Waals surface area contributed by atoms with Crippen LogP contribution in [0.5, 0.6) is 11.5 Å². The number of thiocarbonyl (C=S) groups is 1. The summed E-state index contributed by atoms with van der Waals surface area (Å²) < 4.78 is 0. The van der Waals surface area contributed by atoms with Gasteiger partial charge in [-0.15, -0.1) is 0 Å². The van der Waals surface area contributed by atoms with Crippen LogP contribution in [0.1, 0.15) is 11.1 Å². The Kier molecular flexibility index (Phi) is 5.96. The summed E-state index contributed by atoms with van der Waals surface area (Å²) >= 11 is 11.2. The van der Waals surface area contributed by atoms with Gasteiger partial charge in [0.15, 0.2) is 5.11 Å². The van der Waals surface area contributed by atoms with Crippen molar-refractivity contribution in [1.29, 1.82) is 0 Å². The summed E-state index contributed by atoms with van der Waals surface area (Å²) in [4.78, 5) is 0. The van der Waals surface area contributed by atoms with Crippen molar-refractivity contribution < 1.29 is 10.2 Å². The Balaban J connectivity index is 1.60. The van der Waals surface area contributed by atoms with Gasteiger partial charge in [0.2, 0.25) is 0 Å². The van der Waals surface area contributed by atoms with Crippen LogP contribution in [0.15, 0.2) is 66.7 Å². The fourth-order valence-corrected chi connectivity index (χ4v) is 2.77. The maximum Gasteiger partial charge on any atom is 0.175 e. The van der Waals surface area contributed by atoms with Crippen molar-refractivity contribution in [3.05, 3.63) is 82.9 Å². The third-order valence-corrected chi connectivity index (χ3v) is 4.12. The van der Waals surface area contributed by atoms with Gasteiger partial charge in [-0.05, 0) is 71.9 Å². The Morgan fingerprint density at radius 2 is 1.22 bits per heavy atom. The number of anilines is 2. The monoisotopic (exact) mass is 396 g/mol. The van der Waals surface area contributed by atoms with Crippen LogP contribution in [0.2, 0.25) is 5.02 Å². The molecule has 27 heavy (non-hydrogen) atoms. The number of hydrogen-bond donors (Lipinski definition) is 4. The fraction of sp³-hybridized carbons (Fsp3) is 0. The van der Waals surface area contributed by atoms with E-state index in [1.54, 1.807) is 24.3 Å². The van der Waals surface area contributed by atoms with E-state index in [4.69, 9.17) is 23.8 Å². The Bertz CT molecular complexity index is 950. The van der Waals surface area contributed by atoms with Crippen LogP contribution in [0.25, 0.3) is 12.2 Å². The summed E-state index contributed by atoms with van der Waals surface area (Å²) in [5, 5.41) is 26.4. The summed E-state index contributed by atoms with van der Waals surface area (Å²) in [6.07, 6.45) is 3.71. The molecular formula is C21H17ClN2O2S. The lowest BCUT2D eigenvalue weighted by molar-refractivity contribution is 0.450. The van der Waals surface area contributed by atoms with Gasteiger partial charge in [-0.25, -0.2) is 0 Å². The van der Waals surface area contributed by atoms with E-state index in [9.17, 15) is 10.2 Å². The zero-order chi connectivity index (χ0) is 19.2. The van der Waals surface area contributed by atoms with E-state index in [1.165, 1.54) is 6.07 Å². The zero-order valence-electron chi connectivity index (χ0n) is 14.2. The van der Waals surface area contributed by atoms with Crippen LogP contribution in [0.3, 0.4) is 0 Å². The summed E-state index contributed by atoms with van der Waals surface area (Å²) in [6.45, 7) is 0. The molecule has 3 rings (SSSR count). The predicted molar refractivity (Wildman–Crippen MR) is 116 cm³/mol. The number of rotatable bonds is 4. The van der Waals surface area contributed by atoms with E-state index < -0.39 is 0 Å². The van der Waals surface area contributed by atoms with Gasteiger partial charge in [0.25, 0.3) is 0 Å². The molecule has 6 heteroatoms. The third-order valence-electron chi connectivity index (χ3n) is 3.66. The second-order valence-electron chi connectivity index (χ2n) is 5.82. The van der Waals surface area contributed by atoms with Gasteiger partial charge in [-0.3, -0.25) is 0 Å². The Morgan fingerprint density at radius 1 is 0.741 bits per heavy atom. The Labute approximate surface area is 167 Å². The number of benzene rings is 3. The number of halogens is 1. The molecule has 0 saturated carbocycles. The maximum absolute atomic E-state index is 9.50. The SMILES string of the molecule is Oc1cc(O)cc(/C=C/c2ccc(NC(=S)Nc3ccc(Cl)cc3)cc2)c1. The van der Waals surface area contributed by atoms with Crippen molar-refractivity contribution in [2.45, 2.75) is 0 Å². The standard InChI is InChI=1S/C21H17ClN2O2S/c22-16-5-9-18(10-6-16)24-21(27)23-17-7-3-14(4-8-17)1-2-15-11-19(25)13-20(26)12-15/h1-13,25-26H,(H2,23,24,27)/b2-1+. The minimum absolute atomic E-state index is 0.0240. The molecule has 136 valence electrons. The summed E-state index contributed by atoms with van der Waals surface area (Å²) in [5.41, 5.74) is 3.39. The average molecular weight is 397 g/mol. The minimum atomic E-state index is 0.0240. The summed E-state index contributed by atoms with van der Waals surface area (Å²) in [6, 6.07) is 19.4. The van der Waals surface area contributed by atoms with Crippen LogP contribution >= 0.6 is 23.8 Å². The molecule has 0 spiro atoms. The third kappa shape index (κ3) is 5.74. The van der Waals surface area contributed by atoms with Gasteiger partial charge in [0.1, 0.15) is 11.5 Å². The van der Waals surface area contributed by atoms with Crippen LogP contribution in [-0.2, 0) is 0 Å². The van der Waals surface area contributed by atoms with Crippen molar-refractivity contribution in [3.8, 4) is 11.5 Å². The molecule has 3 aromatic rings. The molecule has 0 atom stereocenters. The second kappa shape index (κ2) is 8.58. The molecule has 0 saturated heterocycles. The first kappa shape index (κ1) is 18.8. The number of phenols is 2. The quantitative estimate of drug-likeness (QED) is 0.335. The molecule has 0 radical (unpaired) electrons. The first-order valence-electron chi connectivity index (χ1n) is 8.13. The number of nitrogens with one attached hydrogen (secondary N) is 2. The molecular weight excluding hydrogens is 380 g/mol. The minimum Gasteiger partial charge on any atom is -0.508 e. The second-order valence-corrected chi connectivity index (χ2v) is 6.67. The van der Waals surface area contributed by atoms with E-state index in [0.29, 0.717) is 15.7 Å². The number of hydrogen-bond acceptors (Lipinski definition) is 3. The van der Waals surface area contributed by atoms with Gasteiger partial charge in [-0.1, -0.05) is 35.9 Å². The highest BCUT2D eigenvalue weighted by molar-refractivity contribution is 7.80. The molecule has 3 aromatic carbocycles.